The lowest BCUT2D eigenvalue weighted by atomic mass is 10.1. The molecule has 0 bridgehead atoms. The highest BCUT2D eigenvalue weighted by Crippen LogP contribution is 2.22. The summed E-state index contributed by atoms with van der Waals surface area (Å²) in [5.74, 6) is -0.867. The molecule has 142 valence electrons. The Kier molecular flexibility index (Phi) is 7.56. The van der Waals surface area contributed by atoms with Crippen molar-refractivity contribution in [3.63, 3.8) is 0 Å². The molecule has 1 aromatic carbocycles. The third-order valence-electron chi connectivity index (χ3n) is 3.95. The van der Waals surface area contributed by atoms with Crippen molar-refractivity contribution in [1.82, 2.24) is 9.21 Å². The number of rotatable bonds is 8. The zero-order chi connectivity index (χ0) is 19.4. The van der Waals surface area contributed by atoms with E-state index in [1.165, 1.54) is 10.4 Å². The van der Waals surface area contributed by atoms with E-state index in [9.17, 15) is 17.6 Å². The molecule has 0 aliphatic heterocycles. The molecule has 0 aliphatic rings. The van der Waals surface area contributed by atoms with Crippen LogP contribution in [-0.2, 0) is 10.0 Å². The predicted molar refractivity (Wildman–Crippen MR) is 97.5 cm³/mol. The van der Waals surface area contributed by atoms with Crippen molar-refractivity contribution < 1.29 is 17.6 Å². The molecule has 0 spiro atoms. The van der Waals surface area contributed by atoms with E-state index in [1.807, 2.05) is 27.7 Å². The van der Waals surface area contributed by atoms with Crippen LogP contribution in [0.25, 0.3) is 0 Å². The van der Waals surface area contributed by atoms with E-state index in [0.717, 1.165) is 12.1 Å². The summed E-state index contributed by atoms with van der Waals surface area (Å²) in [5, 5.41) is 0. The van der Waals surface area contributed by atoms with Crippen molar-refractivity contribution in [1.29, 1.82) is 0 Å². The topological polar surface area (TPSA) is 57.7 Å². The first-order valence-electron chi connectivity index (χ1n) is 8.66. The highest BCUT2D eigenvalue weighted by molar-refractivity contribution is 7.89. The predicted octanol–water partition coefficient (Wildman–Crippen LogP) is 3.36. The lowest BCUT2D eigenvalue weighted by Gasteiger charge is -2.29. The molecule has 25 heavy (non-hydrogen) atoms. The summed E-state index contributed by atoms with van der Waals surface area (Å²) in [7, 11) is -3.97. The second-order valence-corrected chi connectivity index (χ2v) is 8.59. The van der Waals surface area contributed by atoms with Gasteiger partial charge in [0, 0.05) is 31.2 Å². The van der Waals surface area contributed by atoms with E-state index in [4.69, 9.17) is 0 Å². The summed E-state index contributed by atoms with van der Waals surface area (Å²) < 4.78 is 40.6. The molecule has 0 saturated heterocycles. The average Bonchev–Trinajstić information content (AvgIpc) is 2.52. The summed E-state index contributed by atoms with van der Waals surface area (Å²) in [6.45, 7) is 12.2. The van der Waals surface area contributed by atoms with Crippen molar-refractivity contribution in [2.75, 3.05) is 19.6 Å². The monoisotopic (exact) mass is 372 g/mol. The molecule has 0 saturated carbocycles. The summed E-state index contributed by atoms with van der Waals surface area (Å²) in [5.41, 5.74) is 0.182. The summed E-state index contributed by atoms with van der Waals surface area (Å²) >= 11 is 0. The molecule has 0 N–H and O–H groups in total. The molecule has 0 aromatic heterocycles. The van der Waals surface area contributed by atoms with E-state index in [1.54, 1.807) is 18.7 Å². The first kappa shape index (κ1) is 21.6. The first-order valence-corrected chi connectivity index (χ1v) is 10.1. The van der Waals surface area contributed by atoms with E-state index >= 15 is 0 Å². The minimum absolute atomic E-state index is 0.0391. The Labute approximate surface area is 150 Å². The van der Waals surface area contributed by atoms with Crippen molar-refractivity contribution in [2.45, 2.75) is 52.5 Å². The van der Waals surface area contributed by atoms with Gasteiger partial charge in [0.05, 0.1) is 0 Å². The number of nitrogens with zero attached hydrogens (tertiary/aromatic N) is 2. The van der Waals surface area contributed by atoms with Gasteiger partial charge in [-0.25, -0.2) is 12.8 Å². The third-order valence-corrected chi connectivity index (χ3v) is 6.01. The van der Waals surface area contributed by atoms with Crippen LogP contribution in [0.1, 0.15) is 51.9 Å². The zero-order valence-electron chi connectivity index (χ0n) is 15.9. The van der Waals surface area contributed by atoms with Crippen molar-refractivity contribution in [3.05, 3.63) is 29.6 Å². The highest BCUT2D eigenvalue weighted by atomic mass is 32.2. The number of amides is 1. The average molecular weight is 373 g/mol. The van der Waals surface area contributed by atoms with Crippen molar-refractivity contribution in [3.8, 4) is 0 Å². The molecule has 0 fully saturated rings. The van der Waals surface area contributed by atoms with Crippen LogP contribution in [0, 0.1) is 11.7 Å². The molecular formula is C18H29FN2O3S. The van der Waals surface area contributed by atoms with Crippen LogP contribution in [0.4, 0.5) is 4.39 Å². The minimum Gasteiger partial charge on any atom is -0.336 e. The first-order chi connectivity index (χ1) is 11.6. The van der Waals surface area contributed by atoms with Crippen molar-refractivity contribution >= 4 is 15.9 Å². The standard InChI is InChI=1S/C18H29FN2O3S/c1-7-20(8-2)25(23,24)17-11-15(9-10-16(17)19)18(22)21(14(5)6)12-13(3)4/h9-11,13-14H,7-8,12H2,1-6H3. The van der Waals surface area contributed by atoms with Gasteiger partial charge in [-0.15, -0.1) is 0 Å². The molecule has 0 atom stereocenters. The molecule has 0 aliphatic carbocycles. The van der Waals surface area contributed by atoms with E-state index in [0.29, 0.717) is 6.54 Å². The second-order valence-electron chi connectivity index (χ2n) is 6.68. The van der Waals surface area contributed by atoms with E-state index < -0.39 is 20.7 Å². The smallest absolute Gasteiger partial charge is 0.254 e. The van der Waals surface area contributed by atoms with Gasteiger partial charge >= 0.3 is 0 Å². The van der Waals surface area contributed by atoms with Gasteiger partial charge in [0.1, 0.15) is 10.7 Å². The maximum Gasteiger partial charge on any atom is 0.254 e. The molecule has 7 heteroatoms. The number of sulfonamides is 1. The quantitative estimate of drug-likeness (QED) is 0.703. The van der Waals surface area contributed by atoms with Gasteiger partial charge in [0.2, 0.25) is 10.0 Å². The fourth-order valence-electron chi connectivity index (χ4n) is 2.62. The summed E-state index contributed by atoms with van der Waals surface area (Å²) in [6.07, 6.45) is 0. The molecule has 0 heterocycles. The van der Waals surface area contributed by atoms with Crippen LogP contribution in [0.3, 0.4) is 0 Å². The van der Waals surface area contributed by atoms with Gasteiger partial charge in [0.25, 0.3) is 5.91 Å². The summed E-state index contributed by atoms with van der Waals surface area (Å²) in [4.78, 5) is 14.0. The lowest BCUT2D eigenvalue weighted by Crippen LogP contribution is -2.39. The summed E-state index contributed by atoms with van der Waals surface area (Å²) in [6, 6.07) is 3.51. The SMILES string of the molecule is CCN(CC)S(=O)(=O)c1cc(C(=O)N(CC(C)C)C(C)C)ccc1F. The number of hydrogen-bond donors (Lipinski definition) is 0. The Morgan fingerprint density at radius 1 is 1.12 bits per heavy atom. The zero-order valence-corrected chi connectivity index (χ0v) is 16.7. The van der Waals surface area contributed by atoms with Crippen LogP contribution in [0.5, 0.6) is 0 Å². The van der Waals surface area contributed by atoms with Crippen LogP contribution >= 0.6 is 0 Å². The Hall–Kier alpha value is -1.47. The number of benzene rings is 1. The lowest BCUT2D eigenvalue weighted by molar-refractivity contribution is 0.0681. The Morgan fingerprint density at radius 3 is 2.12 bits per heavy atom. The van der Waals surface area contributed by atoms with Crippen LogP contribution in [0.2, 0.25) is 0 Å². The van der Waals surface area contributed by atoms with Crippen molar-refractivity contribution in [2.24, 2.45) is 5.92 Å². The number of hydrogen-bond acceptors (Lipinski definition) is 3. The van der Waals surface area contributed by atoms with Crippen LogP contribution in [-0.4, -0.2) is 49.2 Å². The van der Waals surface area contributed by atoms with Gasteiger partial charge in [-0.2, -0.15) is 4.31 Å². The van der Waals surface area contributed by atoms with Gasteiger partial charge < -0.3 is 4.90 Å². The Bertz CT molecular complexity index is 698. The molecule has 5 nitrogen and oxygen atoms in total. The molecule has 1 amide bonds. The fraction of sp³-hybridized carbons (Fsp3) is 0.611. The fourth-order valence-corrected chi connectivity index (χ4v) is 4.17. The maximum absolute atomic E-state index is 14.2. The maximum atomic E-state index is 14.2. The highest BCUT2D eigenvalue weighted by Gasteiger charge is 2.28. The molecular weight excluding hydrogens is 343 g/mol. The van der Waals surface area contributed by atoms with Gasteiger partial charge in [0.15, 0.2) is 0 Å². The molecule has 1 rings (SSSR count). The molecule has 0 radical (unpaired) electrons. The number of halogens is 1. The Morgan fingerprint density at radius 2 is 1.68 bits per heavy atom. The number of carbonyl (C=O) groups is 1. The largest absolute Gasteiger partial charge is 0.336 e. The van der Waals surface area contributed by atoms with Crippen LogP contribution in [0.15, 0.2) is 23.1 Å². The Balaban J connectivity index is 3.35. The third kappa shape index (κ3) is 5.01. The van der Waals surface area contributed by atoms with Gasteiger partial charge in [-0.05, 0) is 38.0 Å². The second kappa shape index (κ2) is 8.76. The molecule has 1 aromatic rings. The van der Waals surface area contributed by atoms with Gasteiger partial charge in [-0.3, -0.25) is 4.79 Å². The van der Waals surface area contributed by atoms with Gasteiger partial charge in [-0.1, -0.05) is 27.7 Å². The normalized spacial score (nSPS) is 12.2. The van der Waals surface area contributed by atoms with Crippen LogP contribution < -0.4 is 0 Å². The minimum atomic E-state index is -3.97. The van der Waals surface area contributed by atoms with E-state index in [-0.39, 0.29) is 36.5 Å². The number of carbonyl (C=O) groups excluding carboxylic acids is 1. The molecule has 0 unspecified atom stereocenters. The van der Waals surface area contributed by atoms with E-state index in [2.05, 4.69) is 0 Å².